The Morgan fingerprint density at radius 1 is 1.29 bits per heavy atom. The van der Waals surface area contributed by atoms with E-state index in [9.17, 15) is 14.4 Å². The Bertz CT molecular complexity index is 804. The van der Waals surface area contributed by atoms with Crippen LogP contribution in [0.15, 0.2) is 35.3 Å². The first-order valence-corrected chi connectivity index (χ1v) is 7.56. The van der Waals surface area contributed by atoms with Gasteiger partial charge in [0.25, 0.3) is 0 Å². The van der Waals surface area contributed by atoms with Crippen molar-refractivity contribution in [1.29, 1.82) is 0 Å². The molecule has 24 heavy (non-hydrogen) atoms. The molecule has 0 aliphatic rings. The summed E-state index contributed by atoms with van der Waals surface area (Å²) in [5.41, 5.74) is 2.95. The number of carboxylic acids is 1. The monoisotopic (exact) mass is 350 g/mol. The van der Waals surface area contributed by atoms with E-state index in [1.54, 1.807) is 19.1 Å². The first-order valence-electron chi connectivity index (χ1n) is 7.19. The third-order valence-electron chi connectivity index (χ3n) is 3.56. The van der Waals surface area contributed by atoms with Crippen LogP contribution < -0.4 is 5.48 Å². The maximum absolute atomic E-state index is 14.6. The summed E-state index contributed by atoms with van der Waals surface area (Å²) in [6, 6.07) is 8.48. The average Bonchev–Trinajstić information content (AvgIpc) is 2.53. The highest BCUT2D eigenvalue weighted by molar-refractivity contribution is 6.33. The maximum Gasteiger partial charge on any atom is 0.340 e. The molecule has 0 amide bonds. The lowest BCUT2D eigenvalue weighted by Crippen LogP contribution is -2.24. The summed E-state index contributed by atoms with van der Waals surface area (Å²) >= 11 is 5.80. The summed E-state index contributed by atoms with van der Waals surface area (Å²) in [6.45, 7) is 3.56. The summed E-state index contributed by atoms with van der Waals surface area (Å²) in [5, 5.41) is 18.3. The lowest BCUT2D eigenvalue weighted by atomic mass is 10.0. The van der Waals surface area contributed by atoms with E-state index in [1.165, 1.54) is 6.07 Å². The largest absolute Gasteiger partial charge is 0.478 e. The molecule has 0 atom stereocenters. The smallest absolute Gasteiger partial charge is 0.340 e. The van der Waals surface area contributed by atoms with Crippen molar-refractivity contribution in [2.45, 2.75) is 20.3 Å². The Morgan fingerprint density at radius 3 is 2.42 bits per heavy atom. The van der Waals surface area contributed by atoms with Crippen molar-refractivity contribution in [2.75, 3.05) is 0 Å². The number of aliphatic imine (C=N–C) groups is 1. The van der Waals surface area contributed by atoms with E-state index in [1.807, 2.05) is 24.5 Å². The molecule has 7 heteroatoms. The van der Waals surface area contributed by atoms with Gasteiger partial charge in [0.1, 0.15) is 5.56 Å². The van der Waals surface area contributed by atoms with Crippen LogP contribution in [-0.2, 0) is 6.42 Å². The number of nitrogens with one attached hydrogen (secondary N) is 1. The van der Waals surface area contributed by atoms with E-state index >= 15 is 0 Å². The number of hydroxylamine groups is 1. The lowest BCUT2D eigenvalue weighted by Gasteiger charge is -2.13. The van der Waals surface area contributed by atoms with Crippen molar-refractivity contribution in [2.24, 2.45) is 4.99 Å². The number of carboxylic acid groups (broad SMARTS) is 1. The molecule has 0 aromatic heterocycles. The summed E-state index contributed by atoms with van der Waals surface area (Å²) in [5.74, 6) is -2.75. The zero-order chi connectivity index (χ0) is 17.9. The molecule has 0 radical (unpaired) electrons. The van der Waals surface area contributed by atoms with Crippen molar-refractivity contribution in [1.82, 2.24) is 5.48 Å². The molecule has 3 N–H and O–H groups in total. The number of aryl methyl sites for hydroxylation is 2. The van der Waals surface area contributed by atoms with E-state index in [2.05, 4.69) is 4.99 Å². The molecule has 2 aromatic carbocycles. The second kappa shape index (κ2) is 7.42. The SMILES string of the molecule is CCc1ccc(N=C(NO)c2c(C)cc(Cl)c(C(=O)O)c2F)cc1. The highest BCUT2D eigenvalue weighted by Crippen LogP contribution is 2.27. The van der Waals surface area contributed by atoms with Gasteiger partial charge < -0.3 is 5.11 Å². The van der Waals surface area contributed by atoms with Gasteiger partial charge in [-0.2, -0.15) is 0 Å². The Balaban J connectivity index is 2.59. The number of rotatable bonds is 4. The molecule has 0 spiro atoms. The summed E-state index contributed by atoms with van der Waals surface area (Å²) in [6.07, 6.45) is 0.863. The number of hydrogen-bond donors (Lipinski definition) is 3. The van der Waals surface area contributed by atoms with Crippen molar-refractivity contribution >= 4 is 29.1 Å². The molecule has 2 aromatic rings. The number of aromatic carboxylic acids is 1. The zero-order valence-electron chi connectivity index (χ0n) is 13.1. The van der Waals surface area contributed by atoms with Crippen LogP contribution >= 0.6 is 11.6 Å². The number of nitrogens with zero attached hydrogens (tertiary/aromatic N) is 1. The highest BCUT2D eigenvalue weighted by atomic mass is 35.5. The first kappa shape index (κ1) is 17.9. The average molecular weight is 351 g/mol. The molecule has 0 bridgehead atoms. The third-order valence-corrected chi connectivity index (χ3v) is 3.86. The lowest BCUT2D eigenvalue weighted by molar-refractivity contribution is 0.0692. The summed E-state index contributed by atoms with van der Waals surface area (Å²) in [4.78, 5) is 15.4. The van der Waals surface area contributed by atoms with E-state index in [4.69, 9.17) is 16.7 Å². The van der Waals surface area contributed by atoms with Crippen LogP contribution in [0.5, 0.6) is 0 Å². The van der Waals surface area contributed by atoms with E-state index in [0.717, 1.165) is 12.0 Å². The Labute approximate surface area is 143 Å². The highest BCUT2D eigenvalue weighted by Gasteiger charge is 2.23. The third kappa shape index (κ3) is 3.55. The second-order valence-corrected chi connectivity index (χ2v) is 5.54. The van der Waals surface area contributed by atoms with Crippen LogP contribution in [0.4, 0.5) is 10.1 Å². The Hall–Kier alpha value is -2.44. The molecular weight excluding hydrogens is 335 g/mol. The van der Waals surface area contributed by atoms with E-state index in [-0.39, 0.29) is 16.4 Å². The maximum atomic E-state index is 14.6. The molecule has 5 nitrogen and oxygen atoms in total. The van der Waals surface area contributed by atoms with Crippen LogP contribution in [0.2, 0.25) is 5.02 Å². The molecule has 0 heterocycles. The minimum absolute atomic E-state index is 0.154. The summed E-state index contributed by atoms with van der Waals surface area (Å²) in [7, 11) is 0. The Morgan fingerprint density at radius 2 is 1.92 bits per heavy atom. The number of halogens is 2. The standard InChI is InChI=1S/C17H16ClFN2O3/c1-3-10-4-6-11(7-5-10)20-16(21-24)13-9(2)8-12(18)14(15(13)19)17(22)23/h4-8,24H,3H2,1-2H3,(H,20,21)(H,22,23). The van der Waals surface area contributed by atoms with Gasteiger partial charge in [0.05, 0.1) is 16.3 Å². The normalized spacial score (nSPS) is 11.5. The van der Waals surface area contributed by atoms with Gasteiger partial charge in [-0.25, -0.2) is 14.2 Å². The number of amidine groups is 1. The minimum atomic E-state index is -1.50. The molecular formula is C17H16ClFN2O3. The molecule has 0 saturated heterocycles. The molecule has 0 aliphatic carbocycles. The van der Waals surface area contributed by atoms with Crippen LogP contribution in [0.3, 0.4) is 0 Å². The molecule has 126 valence electrons. The molecule has 0 saturated carbocycles. The van der Waals surface area contributed by atoms with Gasteiger partial charge in [0.15, 0.2) is 11.7 Å². The van der Waals surface area contributed by atoms with Crippen molar-refractivity contribution in [3.63, 3.8) is 0 Å². The number of carbonyl (C=O) groups is 1. The van der Waals surface area contributed by atoms with Crippen LogP contribution in [0.1, 0.15) is 34.0 Å². The van der Waals surface area contributed by atoms with Gasteiger partial charge in [-0.3, -0.25) is 10.7 Å². The van der Waals surface area contributed by atoms with Crippen LogP contribution in [0, 0.1) is 12.7 Å². The predicted molar refractivity (Wildman–Crippen MR) is 90.0 cm³/mol. The van der Waals surface area contributed by atoms with E-state index < -0.39 is 17.3 Å². The molecule has 0 aliphatic heterocycles. The van der Waals surface area contributed by atoms with Gasteiger partial charge in [-0.1, -0.05) is 30.7 Å². The van der Waals surface area contributed by atoms with Gasteiger partial charge in [-0.15, -0.1) is 0 Å². The number of hydrogen-bond acceptors (Lipinski definition) is 3. The van der Waals surface area contributed by atoms with Gasteiger partial charge >= 0.3 is 5.97 Å². The van der Waals surface area contributed by atoms with Crippen molar-refractivity contribution in [3.8, 4) is 0 Å². The minimum Gasteiger partial charge on any atom is -0.478 e. The zero-order valence-corrected chi connectivity index (χ0v) is 13.9. The topological polar surface area (TPSA) is 81.9 Å². The molecule has 0 unspecified atom stereocenters. The first-order chi connectivity index (χ1) is 11.4. The quantitative estimate of drug-likeness (QED) is 0.440. The molecule has 2 rings (SSSR count). The fourth-order valence-electron chi connectivity index (χ4n) is 2.30. The van der Waals surface area contributed by atoms with Gasteiger partial charge in [0, 0.05) is 0 Å². The van der Waals surface area contributed by atoms with Crippen LogP contribution in [-0.4, -0.2) is 22.1 Å². The van der Waals surface area contributed by atoms with Gasteiger partial charge in [-0.05, 0) is 42.7 Å². The second-order valence-electron chi connectivity index (χ2n) is 5.14. The molecule has 0 fully saturated rings. The fourth-order valence-corrected chi connectivity index (χ4v) is 2.62. The van der Waals surface area contributed by atoms with Gasteiger partial charge in [0.2, 0.25) is 0 Å². The number of benzene rings is 2. The van der Waals surface area contributed by atoms with E-state index in [0.29, 0.717) is 11.3 Å². The Kier molecular flexibility index (Phi) is 5.54. The van der Waals surface area contributed by atoms with Crippen molar-refractivity contribution in [3.05, 3.63) is 63.4 Å². The van der Waals surface area contributed by atoms with Crippen molar-refractivity contribution < 1.29 is 19.5 Å². The summed E-state index contributed by atoms with van der Waals surface area (Å²) < 4.78 is 14.6. The fraction of sp³-hybridized carbons (Fsp3) is 0.176. The predicted octanol–water partition coefficient (Wildman–Crippen LogP) is 4.11. The van der Waals surface area contributed by atoms with Crippen LogP contribution in [0.25, 0.3) is 0 Å².